The van der Waals surface area contributed by atoms with Crippen molar-refractivity contribution in [1.29, 1.82) is 0 Å². The lowest BCUT2D eigenvalue weighted by Gasteiger charge is -2.57. The Morgan fingerprint density at radius 1 is 1.06 bits per heavy atom. The van der Waals surface area contributed by atoms with Gasteiger partial charge in [0, 0.05) is 43.1 Å². The Hall–Kier alpha value is -2.26. The summed E-state index contributed by atoms with van der Waals surface area (Å²) in [7, 11) is 3.89. The lowest BCUT2D eigenvalue weighted by atomic mass is 9.53. The maximum Gasteiger partial charge on any atom is 0.251 e. The molecule has 1 aromatic carbocycles. The number of nitrogens with one attached hydrogen (secondary N) is 3. The fraction of sp³-hybridized carbons (Fsp3) is 0.654. The molecule has 1 aromatic rings. The summed E-state index contributed by atoms with van der Waals surface area (Å²) in [5.74, 6) is 2.45. The van der Waals surface area contributed by atoms with Gasteiger partial charge in [0.2, 0.25) is 11.8 Å². The van der Waals surface area contributed by atoms with Crippen molar-refractivity contribution in [3.05, 3.63) is 29.8 Å². The van der Waals surface area contributed by atoms with Gasteiger partial charge in [-0.1, -0.05) is 0 Å². The second-order valence-corrected chi connectivity index (χ2v) is 12.0. The summed E-state index contributed by atoms with van der Waals surface area (Å²) < 4.78 is 0. The first kappa shape index (κ1) is 25.8. The minimum atomic E-state index is -0.652. The lowest BCUT2D eigenvalue weighted by molar-refractivity contribution is -0.129. The van der Waals surface area contributed by atoms with Gasteiger partial charge in [0.1, 0.15) is 6.04 Å². The molecule has 8 nitrogen and oxygen atoms in total. The quantitative estimate of drug-likeness (QED) is 0.210. The molecule has 4 bridgehead atoms. The van der Waals surface area contributed by atoms with Crippen LogP contribution in [0.2, 0.25) is 0 Å². The zero-order valence-electron chi connectivity index (χ0n) is 20.7. The highest BCUT2D eigenvalue weighted by molar-refractivity contribution is 7.99. The largest absolute Gasteiger partial charge is 0.378 e. The van der Waals surface area contributed by atoms with E-state index in [9.17, 15) is 14.4 Å². The van der Waals surface area contributed by atoms with Gasteiger partial charge in [0.25, 0.3) is 5.91 Å². The molecule has 3 amide bonds. The normalized spacial score (nSPS) is 27.2. The highest BCUT2D eigenvalue weighted by Crippen LogP contribution is 2.55. The molecule has 4 N–H and O–H groups in total. The van der Waals surface area contributed by atoms with E-state index in [1.54, 1.807) is 17.6 Å². The molecule has 4 saturated carbocycles. The topological polar surface area (TPSA) is 111 Å². The Morgan fingerprint density at radius 3 is 2.20 bits per heavy atom. The molecule has 0 heterocycles. The van der Waals surface area contributed by atoms with Gasteiger partial charge in [-0.15, -0.1) is 0 Å². The molecule has 0 radical (unpaired) electrons. The molecule has 5 rings (SSSR count). The second kappa shape index (κ2) is 11.2. The third-order valence-corrected chi connectivity index (χ3v) is 8.94. The van der Waals surface area contributed by atoms with Crippen molar-refractivity contribution < 1.29 is 19.6 Å². The number of benzene rings is 1. The molecule has 192 valence electrons. The third kappa shape index (κ3) is 6.50. The molecule has 4 aliphatic rings. The summed E-state index contributed by atoms with van der Waals surface area (Å²) in [4.78, 5) is 39.8. The zero-order valence-corrected chi connectivity index (χ0v) is 21.5. The fourth-order valence-electron chi connectivity index (χ4n) is 6.54. The van der Waals surface area contributed by atoms with E-state index < -0.39 is 11.9 Å². The predicted octanol–water partition coefficient (Wildman–Crippen LogP) is 2.95. The van der Waals surface area contributed by atoms with E-state index >= 15 is 0 Å². The van der Waals surface area contributed by atoms with E-state index in [0.717, 1.165) is 42.7 Å². The SMILES string of the molecule is CN(C)c1ccc(C(=O)N[C@@H](CSCCCC(=O)NO)C(=O)NC23CC4CC(CC(C4)C2)C3)cc1. The van der Waals surface area contributed by atoms with Gasteiger partial charge in [-0.25, -0.2) is 5.48 Å². The number of nitrogens with zero attached hydrogens (tertiary/aromatic N) is 1. The van der Waals surface area contributed by atoms with Gasteiger partial charge in [-0.05, 0) is 92.7 Å². The maximum atomic E-state index is 13.5. The van der Waals surface area contributed by atoms with Crippen LogP contribution in [-0.2, 0) is 9.59 Å². The van der Waals surface area contributed by atoms with Crippen LogP contribution < -0.4 is 21.0 Å². The van der Waals surface area contributed by atoms with Crippen molar-refractivity contribution in [3.8, 4) is 0 Å². The van der Waals surface area contributed by atoms with Crippen LogP contribution in [-0.4, -0.2) is 60.1 Å². The van der Waals surface area contributed by atoms with Crippen LogP contribution in [0, 0.1) is 17.8 Å². The lowest BCUT2D eigenvalue weighted by Crippen LogP contribution is -2.63. The second-order valence-electron chi connectivity index (χ2n) is 10.9. The molecular formula is C26H38N4O4S. The summed E-state index contributed by atoms with van der Waals surface area (Å²) in [5.41, 5.74) is 3.04. The van der Waals surface area contributed by atoms with E-state index in [-0.39, 0.29) is 23.8 Å². The van der Waals surface area contributed by atoms with Crippen molar-refractivity contribution in [2.75, 3.05) is 30.5 Å². The number of amides is 3. The molecule has 4 aliphatic carbocycles. The number of hydroxylamine groups is 1. The number of carbonyl (C=O) groups is 3. The minimum Gasteiger partial charge on any atom is -0.378 e. The van der Waals surface area contributed by atoms with Crippen LogP contribution in [0.5, 0.6) is 0 Å². The first-order chi connectivity index (χ1) is 16.8. The summed E-state index contributed by atoms with van der Waals surface area (Å²) in [6.07, 6.45) is 7.88. The standard InChI is InChI=1S/C26H38N4O4S/c1-30(2)21-7-5-20(6-8-21)24(32)27-22(16-35-9-3-4-23(31)29-34)25(33)28-26-13-17-10-18(14-26)12-19(11-17)15-26/h5-8,17-19,22,34H,3-4,9-16H2,1-2H3,(H,27,32)(H,28,33)(H,29,31)/t17?,18?,19?,22-,26?/m0/s1. The third-order valence-electron chi connectivity index (χ3n) is 7.80. The molecule has 9 heteroatoms. The molecule has 35 heavy (non-hydrogen) atoms. The van der Waals surface area contributed by atoms with Crippen LogP contribution in [0.3, 0.4) is 0 Å². The number of hydrogen-bond acceptors (Lipinski definition) is 6. The van der Waals surface area contributed by atoms with Crippen molar-refractivity contribution in [1.82, 2.24) is 16.1 Å². The highest BCUT2D eigenvalue weighted by Gasteiger charge is 2.51. The van der Waals surface area contributed by atoms with E-state index in [4.69, 9.17) is 5.21 Å². The van der Waals surface area contributed by atoms with Crippen LogP contribution in [0.4, 0.5) is 5.69 Å². The molecular weight excluding hydrogens is 464 g/mol. The van der Waals surface area contributed by atoms with Crippen LogP contribution in [0.25, 0.3) is 0 Å². The number of carbonyl (C=O) groups excluding carboxylic acids is 3. The van der Waals surface area contributed by atoms with E-state index in [1.807, 2.05) is 31.1 Å². The minimum absolute atomic E-state index is 0.106. The average Bonchev–Trinajstić information content (AvgIpc) is 2.81. The maximum absolute atomic E-state index is 13.5. The van der Waals surface area contributed by atoms with Gasteiger partial charge in [0.15, 0.2) is 0 Å². The zero-order chi connectivity index (χ0) is 25.0. The van der Waals surface area contributed by atoms with Crippen molar-refractivity contribution in [3.63, 3.8) is 0 Å². The van der Waals surface area contributed by atoms with Crippen molar-refractivity contribution in [2.24, 2.45) is 17.8 Å². The van der Waals surface area contributed by atoms with Crippen molar-refractivity contribution >= 4 is 35.2 Å². The van der Waals surface area contributed by atoms with E-state index in [1.165, 1.54) is 31.0 Å². The predicted molar refractivity (Wildman–Crippen MR) is 138 cm³/mol. The highest BCUT2D eigenvalue weighted by atomic mass is 32.2. The van der Waals surface area contributed by atoms with E-state index in [0.29, 0.717) is 23.5 Å². The number of thioether (sulfide) groups is 1. The summed E-state index contributed by atoms with van der Waals surface area (Å²) in [6, 6.07) is 6.68. The molecule has 1 atom stereocenters. The van der Waals surface area contributed by atoms with Gasteiger partial charge in [-0.3, -0.25) is 19.6 Å². The molecule has 0 aliphatic heterocycles. The Morgan fingerprint density at radius 2 is 1.66 bits per heavy atom. The summed E-state index contributed by atoms with van der Waals surface area (Å²) in [5, 5.41) is 15.0. The molecule has 0 spiro atoms. The first-order valence-electron chi connectivity index (χ1n) is 12.7. The average molecular weight is 503 g/mol. The molecule has 0 aromatic heterocycles. The smallest absolute Gasteiger partial charge is 0.251 e. The summed E-state index contributed by atoms with van der Waals surface area (Å²) in [6.45, 7) is 0. The van der Waals surface area contributed by atoms with Gasteiger partial charge < -0.3 is 15.5 Å². The van der Waals surface area contributed by atoms with Gasteiger partial charge in [-0.2, -0.15) is 11.8 Å². The summed E-state index contributed by atoms with van der Waals surface area (Å²) >= 11 is 1.53. The number of rotatable bonds is 11. The van der Waals surface area contributed by atoms with Crippen LogP contribution in [0.15, 0.2) is 24.3 Å². The Labute approximate surface area is 211 Å². The molecule has 0 saturated heterocycles. The molecule has 0 unspecified atom stereocenters. The van der Waals surface area contributed by atoms with Crippen molar-refractivity contribution in [2.45, 2.75) is 62.9 Å². The van der Waals surface area contributed by atoms with Crippen LogP contribution in [0.1, 0.15) is 61.7 Å². The van der Waals surface area contributed by atoms with Gasteiger partial charge in [0.05, 0.1) is 0 Å². The number of anilines is 1. The Balaban J connectivity index is 1.39. The monoisotopic (exact) mass is 502 g/mol. The first-order valence-corrected chi connectivity index (χ1v) is 13.8. The van der Waals surface area contributed by atoms with Gasteiger partial charge >= 0.3 is 0 Å². The Bertz CT molecular complexity index is 885. The number of hydrogen-bond donors (Lipinski definition) is 4. The Kier molecular flexibility index (Phi) is 8.27. The molecule has 4 fully saturated rings. The fourth-order valence-corrected chi connectivity index (χ4v) is 7.53. The van der Waals surface area contributed by atoms with Crippen LogP contribution >= 0.6 is 11.8 Å². The van der Waals surface area contributed by atoms with E-state index in [2.05, 4.69) is 10.6 Å².